The molecule has 1 aromatic rings. The highest BCUT2D eigenvalue weighted by atomic mass is 19.4. The topological polar surface area (TPSA) is 28.2 Å². The van der Waals surface area contributed by atoms with Crippen molar-refractivity contribution >= 4 is 0 Å². The van der Waals surface area contributed by atoms with Crippen molar-refractivity contribution in [1.29, 1.82) is 0 Å². The smallest absolute Gasteiger partial charge is 0.307 e. The molecule has 1 heterocycles. The number of pyridine rings is 1. The predicted molar refractivity (Wildman–Crippen MR) is 59.5 cm³/mol. The average Bonchev–Trinajstić information content (AvgIpc) is 2.25. The van der Waals surface area contributed by atoms with E-state index in [9.17, 15) is 13.2 Å². The fraction of sp³-hybridized carbons (Fsp3) is 0.545. The maximum absolute atomic E-state index is 11.8. The fourth-order valence-electron chi connectivity index (χ4n) is 1.38. The van der Waals surface area contributed by atoms with Crippen molar-refractivity contribution in [1.82, 2.24) is 15.2 Å². The fourth-order valence-corrected chi connectivity index (χ4v) is 1.38. The molecule has 6 heteroatoms. The Morgan fingerprint density at radius 3 is 2.53 bits per heavy atom. The second-order valence-corrected chi connectivity index (χ2v) is 3.89. The van der Waals surface area contributed by atoms with Gasteiger partial charge in [-0.3, -0.25) is 4.98 Å². The van der Waals surface area contributed by atoms with Crippen LogP contribution in [0.5, 0.6) is 0 Å². The Morgan fingerprint density at radius 1 is 1.29 bits per heavy atom. The molecular weight excluding hydrogens is 231 g/mol. The Hall–Kier alpha value is -1.14. The van der Waals surface area contributed by atoms with Crippen LogP contribution in [0.25, 0.3) is 0 Å². The van der Waals surface area contributed by atoms with Gasteiger partial charge in [0.2, 0.25) is 0 Å². The lowest BCUT2D eigenvalue weighted by Gasteiger charge is -2.17. The summed E-state index contributed by atoms with van der Waals surface area (Å²) in [7, 11) is 1.87. The number of nitrogens with one attached hydrogen (secondary N) is 1. The lowest BCUT2D eigenvalue weighted by atomic mass is 10.2. The zero-order valence-electron chi connectivity index (χ0n) is 9.67. The van der Waals surface area contributed by atoms with Crippen LogP contribution in [0.1, 0.15) is 5.56 Å². The van der Waals surface area contributed by atoms with Gasteiger partial charge in [0.1, 0.15) is 0 Å². The molecule has 0 fully saturated rings. The third kappa shape index (κ3) is 6.91. The van der Waals surface area contributed by atoms with Gasteiger partial charge < -0.3 is 10.2 Å². The lowest BCUT2D eigenvalue weighted by molar-refractivity contribution is -0.124. The summed E-state index contributed by atoms with van der Waals surface area (Å²) in [5.41, 5.74) is 1.10. The molecule has 1 rings (SSSR count). The predicted octanol–water partition coefficient (Wildman–Crippen LogP) is 1.67. The third-order valence-corrected chi connectivity index (χ3v) is 2.20. The van der Waals surface area contributed by atoms with Crippen molar-refractivity contribution in [3.63, 3.8) is 0 Å². The van der Waals surface area contributed by atoms with Gasteiger partial charge in [0, 0.05) is 32.0 Å². The SMILES string of the molecule is CN(CCNCC(F)(F)F)Cc1ccncc1. The van der Waals surface area contributed by atoms with Crippen LogP contribution in [0.4, 0.5) is 13.2 Å². The zero-order valence-corrected chi connectivity index (χ0v) is 9.67. The van der Waals surface area contributed by atoms with Crippen molar-refractivity contribution in [2.75, 3.05) is 26.7 Å². The molecule has 0 amide bonds. The summed E-state index contributed by atoms with van der Waals surface area (Å²) in [5.74, 6) is 0. The van der Waals surface area contributed by atoms with E-state index < -0.39 is 12.7 Å². The van der Waals surface area contributed by atoms with E-state index in [1.807, 2.05) is 24.1 Å². The van der Waals surface area contributed by atoms with Crippen LogP contribution in [0.15, 0.2) is 24.5 Å². The van der Waals surface area contributed by atoms with Crippen LogP contribution in [-0.4, -0.2) is 42.7 Å². The van der Waals surface area contributed by atoms with Gasteiger partial charge in [-0.05, 0) is 24.7 Å². The molecule has 0 radical (unpaired) electrons. The van der Waals surface area contributed by atoms with E-state index in [4.69, 9.17) is 0 Å². The third-order valence-electron chi connectivity index (χ3n) is 2.20. The molecule has 0 aliphatic carbocycles. The van der Waals surface area contributed by atoms with Gasteiger partial charge >= 0.3 is 6.18 Å². The summed E-state index contributed by atoms with van der Waals surface area (Å²) >= 11 is 0. The normalized spacial score (nSPS) is 12.1. The van der Waals surface area contributed by atoms with Gasteiger partial charge in [-0.2, -0.15) is 13.2 Å². The Balaban J connectivity index is 2.16. The Labute approximate surface area is 98.6 Å². The van der Waals surface area contributed by atoms with Gasteiger partial charge in [0.15, 0.2) is 0 Å². The number of halogens is 3. The van der Waals surface area contributed by atoms with Crippen molar-refractivity contribution in [3.8, 4) is 0 Å². The molecule has 0 bridgehead atoms. The second kappa shape index (κ2) is 6.56. The summed E-state index contributed by atoms with van der Waals surface area (Å²) in [6.07, 6.45) is -0.736. The molecule has 1 N–H and O–H groups in total. The van der Waals surface area contributed by atoms with Crippen LogP contribution in [0.2, 0.25) is 0 Å². The van der Waals surface area contributed by atoms with Crippen LogP contribution in [-0.2, 0) is 6.54 Å². The number of aromatic nitrogens is 1. The number of hydrogen-bond donors (Lipinski definition) is 1. The molecule has 0 aromatic carbocycles. The van der Waals surface area contributed by atoms with Gasteiger partial charge in [0.05, 0.1) is 6.54 Å². The van der Waals surface area contributed by atoms with Crippen LogP contribution in [0.3, 0.4) is 0 Å². The van der Waals surface area contributed by atoms with Crippen molar-refractivity contribution < 1.29 is 13.2 Å². The van der Waals surface area contributed by atoms with E-state index in [0.717, 1.165) is 5.56 Å². The number of rotatable bonds is 6. The molecule has 1 aromatic heterocycles. The van der Waals surface area contributed by atoms with E-state index in [1.165, 1.54) is 0 Å². The first kappa shape index (κ1) is 13.9. The van der Waals surface area contributed by atoms with E-state index >= 15 is 0 Å². The molecule has 3 nitrogen and oxygen atoms in total. The van der Waals surface area contributed by atoms with Crippen LogP contribution < -0.4 is 5.32 Å². The first-order valence-electron chi connectivity index (χ1n) is 5.32. The average molecular weight is 247 g/mol. The molecule has 0 saturated carbocycles. The molecule has 0 spiro atoms. The number of nitrogens with zero attached hydrogens (tertiary/aromatic N) is 2. The summed E-state index contributed by atoms with van der Waals surface area (Å²) in [6, 6.07) is 3.78. The maximum atomic E-state index is 11.8. The molecule has 0 atom stereocenters. The molecular formula is C11H16F3N3. The first-order chi connectivity index (χ1) is 7.97. The minimum atomic E-state index is -4.14. The minimum Gasteiger partial charge on any atom is -0.307 e. The van der Waals surface area contributed by atoms with Crippen LogP contribution >= 0.6 is 0 Å². The van der Waals surface area contributed by atoms with E-state index in [0.29, 0.717) is 19.6 Å². The first-order valence-corrected chi connectivity index (χ1v) is 5.32. The van der Waals surface area contributed by atoms with E-state index in [1.54, 1.807) is 12.4 Å². The maximum Gasteiger partial charge on any atom is 0.401 e. The summed E-state index contributed by atoms with van der Waals surface area (Å²) in [5, 5.41) is 2.36. The zero-order chi connectivity index (χ0) is 12.7. The molecule has 0 unspecified atom stereocenters. The standard InChI is InChI=1S/C11H16F3N3/c1-17(7-6-16-9-11(12,13)14)8-10-2-4-15-5-3-10/h2-5,16H,6-9H2,1H3. The van der Waals surface area contributed by atoms with Crippen molar-refractivity contribution in [2.24, 2.45) is 0 Å². The summed E-state index contributed by atoms with van der Waals surface area (Å²) in [4.78, 5) is 5.86. The number of alkyl halides is 3. The van der Waals surface area contributed by atoms with Gasteiger partial charge in [-0.25, -0.2) is 0 Å². The molecule has 0 saturated heterocycles. The molecule has 0 aliphatic heterocycles. The molecule has 0 aliphatic rings. The van der Waals surface area contributed by atoms with E-state index in [2.05, 4.69) is 10.3 Å². The summed E-state index contributed by atoms with van der Waals surface area (Å²) < 4.78 is 35.5. The van der Waals surface area contributed by atoms with Crippen molar-refractivity contribution in [3.05, 3.63) is 30.1 Å². The van der Waals surface area contributed by atoms with Crippen molar-refractivity contribution in [2.45, 2.75) is 12.7 Å². The summed E-state index contributed by atoms with van der Waals surface area (Å²) in [6.45, 7) is 0.659. The lowest BCUT2D eigenvalue weighted by Crippen LogP contribution is -2.34. The quantitative estimate of drug-likeness (QED) is 0.775. The monoisotopic (exact) mass is 247 g/mol. The van der Waals surface area contributed by atoms with Gasteiger partial charge in [-0.15, -0.1) is 0 Å². The number of likely N-dealkylation sites (N-methyl/N-ethyl adjacent to an activating group) is 1. The Kier molecular flexibility index (Phi) is 5.37. The van der Waals surface area contributed by atoms with Crippen LogP contribution in [0, 0.1) is 0 Å². The molecule has 96 valence electrons. The highest BCUT2D eigenvalue weighted by Crippen LogP contribution is 2.11. The minimum absolute atomic E-state index is 0.321. The van der Waals surface area contributed by atoms with Gasteiger partial charge in [-0.1, -0.05) is 0 Å². The largest absolute Gasteiger partial charge is 0.401 e. The van der Waals surface area contributed by atoms with E-state index in [-0.39, 0.29) is 0 Å². The second-order valence-electron chi connectivity index (χ2n) is 3.89. The highest BCUT2D eigenvalue weighted by Gasteiger charge is 2.25. The molecule has 17 heavy (non-hydrogen) atoms. The highest BCUT2D eigenvalue weighted by molar-refractivity contribution is 5.09. The van der Waals surface area contributed by atoms with Gasteiger partial charge in [0.25, 0.3) is 0 Å². The Morgan fingerprint density at radius 2 is 1.94 bits per heavy atom. The Bertz CT molecular complexity index is 313. The number of hydrogen-bond acceptors (Lipinski definition) is 3.